The molecule has 1 saturated carbocycles. The largest absolute Gasteiger partial charge is 0.298 e. The van der Waals surface area contributed by atoms with Gasteiger partial charge in [-0.25, -0.2) is 17.5 Å². The highest BCUT2D eigenvalue weighted by molar-refractivity contribution is 7.89. The highest BCUT2D eigenvalue weighted by Crippen LogP contribution is 2.22. The molecule has 6 heteroatoms. The van der Waals surface area contributed by atoms with Gasteiger partial charge in [0.15, 0.2) is 6.29 Å². The van der Waals surface area contributed by atoms with Crippen LogP contribution in [0.3, 0.4) is 0 Å². The molecule has 0 spiro atoms. The molecule has 0 aliphatic heterocycles. The molecule has 0 saturated heterocycles. The monoisotopic (exact) mass is 243 g/mol. The van der Waals surface area contributed by atoms with Crippen LogP contribution in [0.15, 0.2) is 23.1 Å². The Hall–Kier alpha value is -1.27. The maximum atomic E-state index is 13.2. The zero-order valence-corrected chi connectivity index (χ0v) is 9.13. The van der Waals surface area contributed by atoms with Gasteiger partial charge < -0.3 is 0 Å². The number of hydrogen-bond donors (Lipinski definition) is 1. The summed E-state index contributed by atoms with van der Waals surface area (Å²) in [4.78, 5) is 10.2. The third kappa shape index (κ3) is 2.28. The van der Waals surface area contributed by atoms with E-state index in [9.17, 15) is 17.6 Å². The minimum Gasteiger partial charge on any atom is -0.298 e. The molecule has 16 heavy (non-hydrogen) atoms. The summed E-state index contributed by atoms with van der Waals surface area (Å²) >= 11 is 0. The zero-order chi connectivity index (χ0) is 11.8. The van der Waals surface area contributed by atoms with Crippen LogP contribution in [0, 0.1) is 5.82 Å². The van der Waals surface area contributed by atoms with Crippen LogP contribution in [0.25, 0.3) is 0 Å². The standard InChI is InChI=1S/C10H10FNO3S/c11-10-5-9(4-1-7(10)6-13)16(14,15)12-8-2-3-8/h1,4-6,8,12H,2-3H2. The minimum absolute atomic E-state index is 0.0289. The summed E-state index contributed by atoms with van der Waals surface area (Å²) in [5.41, 5.74) is -0.148. The molecule has 0 atom stereocenters. The average molecular weight is 243 g/mol. The zero-order valence-electron chi connectivity index (χ0n) is 8.31. The van der Waals surface area contributed by atoms with Crippen molar-refractivity contribution in [2.45, 2.75) is 23.8 Å². The molecule has 86 valence electrons. The first kappa shape index (κ1) is 11.2. The molecular formula is C10H10FNO3S. The Kier molecular flexibility index (Phi) is 2.77. The van der Waals surface area contributed by atoms with Gasteiger partial charge in [0.25, 0.3) is 0 Å². The Labute approximate surface area is 92.5 Å². The van der Waals surface area contributed by atoms with Crippen LogP contribution in [-0.2, 0) is 10.0 Å². The summed E-state index contributed by atoms with van der Waals surface area (Å²) in [6.45, 7) is 0. The van der Waals surface area contributed by atoms with E-state index in [-0.39, 0.29) is 16.5 Å². The highest BCUT2D eigenvalue weighted by Gasteiger charge is 2.28. The van der Waals surface area contributed by atoms with E-state index >= 15 is 0 Å². The Morgan fingerprint density at radius 3 is 2.56 bits per heavy atom. The van der Waals surface area contributed by atoms with Gasteiger partial charge in [0.05, 0.1) is 10.5 Å². The SMILES string of the molecule is O=Cc1ccc(S(=O)(=O)NC2CC2)cc1F. The summed E-state index contributed by atoms with van der Waals surface area (Å²) in [6, 6.07) is 3.20. The van der Waals surface area contributed by atoms with Crippen LogP contribution in [-0.4, -0.2) is 20.7 Å². The number of halogens is 1. The highest BCUT2D eigenvalue weighted by atomic mass is 32.2. The number of hydrogen-bond acceptors (Lipinski definition) is 3. The second kappa shape index (κ2) is 3.95. The Bertz CT molecular complexity index is 523. The van der Waals surface area contributed by atoms with Crippen molar-refractivity contribution in [3.8, 4) is 0 Å². The van der Waals surface area contributed by atoms with Crippen LogP contribution in [0.2, 0.25) is 0 Å². The van der Waals surface area contributed by atoms with Crippen LogP contribution in [0.5, 0.6) is 0 Å². The van der Waals surface area contributed by atoms with E-state index in [4.69, 9.17) is 0 Å². The lowest BCUT2D eigenvalue weighted by atomic mass is 10.2. The van der Waals surface area contributed by atoms with Gasteiger partial charge >= 0.3 is 0 Å². The number of carbonyl (C=O) groups excluding carboxylic acids is 1. The molecule has 0 aromatic heterocycles. The summed E-state index contributed by atoms with van der Waals surface area (Å²) in [7, 11) is -3.65. The van der Waals surface area contributed by atoms with Gasteiger partial charge in [0.2, 0.25) is 10.0 Å². The van der Waals surface area contributed by atoms with E-state index in [1.165, 1.54) is 6.07 Å². The molecule has 4 nitrogen and oxygen atoms in total. The van der Waals surface area contributed by atoms with Crippen molar-refractivity contribution in [1.82, 2.24) is 4.72 Å². The van der Waals surface area contributed by atoms with E-state index in [1.807, 2.05) is 0 Å². The van der Waals surface area contributed by atoms with E-state index in [1.54, 1.807) is 0 Å². The third-order valence-corrected chi connectivity index (χ3v) is 3.83. The van der Waals surface area contributed by atoms with Gasteiger partial charge in [-0.15, -0.1) is 0 Å². The number of nitrogens with one attached hydrogen (secondary N) is 1. The smallest absolute Gasteiger partial charge is 0.240 e. The molecule has 2 rings (SSSR count). The average Bonchev–Trinajstić information content (AvgIpc) is 3.01. The van der Waals surface area contributed by atoms with Gasteiger partial charge in [0, 0.05) is 6.04 Å². The fourth-order valence-electron chi connectivity index (χ4n) is 1.26. The second-order valence-electron chi connectivity index (χ2n) is 3.70. The van der Waals surface area contributed by atoms with Crippen molar-refractivity contribution >= 4 is 16.3 Å². The maximum Gasteiger partial charge on any atom is 0.240 e. The molecule has 1 aromatic rings. The van der Waals surface area contributed by atoms with Crippen LogP contribution in [0.1, 0.15) is 23.2 Å². The summed E-state index contributed by atoms with van der Waals surface area (Å²) in [5.74, 6) is -0.825. The van der Waals surface area contributed by atoms with E-state index in [0.29, 0.717) is 6.29 Å². The third-order valence-electron chi connectivity index (χ3n) is 2.31. The first-order valence-electron chi connectivity index (χ1n) is 4.80. The molecule has 1 N–H and O–H groups in total. The molecule has 1 aromatic carbocycles. The molecular weight excluding hydrogens is 233 g/mol. The normalized spacial score (nSPS) is 16.1. The van der Waals surface area contributed by atoms with Crippen molar-refractivity contribution in [2.24, 2.45) is 0 Å². The molecule has 1 aliphatic rings. The van der Waals surface area contributed by atoms with Crippen LogP contribution < -0.4 is 4.72 Å². The second-order valence-corrected chi connectivity index (χ2v) is 5.41. The minimum atomic E-state index is -3.65. The molecule has 0 heterocycles. The molecule has 0 amide bonds. The van der Waals surface area contributed by atoms with Gasteiger partial charge in [-0.2, -0.15) is 0 Å². The predicted octanol–water partition coefficient (Wildman–Crippen LogP) is 1.08. The number of sulfonamides is 1. The number of carbonyl (C=O) groups is 1. The Morgan fingerprint density at radius 1 is 1.38 bits per heavy atom. The molecule has 0 bridgehead atoms. The van der Waals surface area contributed by atoms with Crippen molar-refractivity contribution in [1.29, 1.82) is 0 Å². The van der Waals surface area contributed by atoms with Gasteiger partial charge in [0.1, 0.15) is 5.82 Å². The number of aldehydes is 1. The molecule has 0 radical (unpaired) electrons. The van der Waals surface area contributed by atoms with Crippen LogP contribution >= 0.6 is 0 Å². The van der Waals surface area contributed by atoms with E-state index < -0.39 is 15.8 Å². The van der Waals surface area contributed by atoms with Crippen molar-refractivity contribution in [3.05, 3.63) is 29.6 Å². The van der Waals surface area contributed by atoms with Gasteiger partial charge in [-0.1, -0.05) is 0 Å². The first-order chi connectivity index (χ1) is 7.53. The summed E-state index contributed by atoms with van der Waals surface area (Å²) in [6.07, 6.45) is 1.97. The van der Waals surface area contributed by atoms with E-state index in [0.717, 1.165) is 25.0 Å². The molecule has 0 unspecified atom stereocenters. The van der Waals surface area contributed by atoms with Crippen molar-refractivity contribution < 1.29 is 17.6 Å². The fourth-order valence-corrected chi connectivity index (χ4v) is 2.58. The Morgan fingerprint density at radius 2 is 2.06 bits per heavy atom. The maximum absolute atomic E-state index is 13.2. The lowest BCUT2D eigenvalue weighted by Gasteiger charge is -2.05. The quantitative estimate of drug-likeness (QED) is 0.805. The lowest BCUT2D eigenvalue weighted by Crippen LogP contribution is -2.25. The first-order valence-corrected chi connectivity index (χ1v) is 6.28. The van der Waals surface area contributed by atoms with Gasteiger partial charge in [-0.3, -0.25) is 4.79 Å². The number of rotatable bonds is 4. The predicted molar refractivity (Wildman–Crippen MR) is 55.1 cm³/mol. The van der Waals surface area contributed by atoms with Crippen molar-refractivity contribution in [3.63, 3.8) is 0 Å². The molecule has 1 aliphatic carbocycles. The van der Waals surface area contributed by atoms with Crippen LogP contribution in [0.4, 0.5) is 4.39 Å². The lowest BCUT2D eigenvalue weighted by molar-refractivity contribution is 0.111. The summed E-state index contributed by atoms with van der Waals surface area (Å²) < 4.78 is 39.0. The van der Waals surface area contributed by atoms with Crippen molar-refractivity contribution in [2.75, 3.05) is 0 Å². The summed E-state index contributed by atoms with van der Waals surface area (Å²) in [5, 5.41) is 0. The fraction of sp³-hybridized carbons (Fsp3) is 0.300. The Balaban J connectivity index is 2.32. The van der Waals surface area contributed by atoms with Gasteiger partial charge in [-0.05, 0) is 31.0 Å². The topological polar surface area (TPSA) is 63.2 Å². The molecule has 1 fully saturated rings. The van der Waals surface area contributed by atoms with E-state index in [2.05, 4.69) is 4.72 Å². The number of benzene rings is 1.